The molecule has 0 amide bonds. The van der Waals surface area contributed by atoms with Crippen LogP contribution in [0.1, 0.15) is 30.4 Å². The van der Waals surface area contributed by atoms with Crippen LogP contribution in [0.4, 0.5) is 0 Å². The van der Waals surface area contributed by atoms with Gasteiger partial charge in [-0.05, 0) is 25.7 Å². The van der Waals surface area contributed by atoms with Crippen molar-refractivity contribution in [3.8, 4) is 5.75 Å². The van der Waals surface area contributed by atoms with Crippen LogP contribution in [0, 0.1) is 0 Å². The number of hydrogen-bond acceptors (Lipinski definition) is 8. The largest absolute Gasteiger partial charge is 0.503 e. The van der Waals surface area contributed by atoms with Gasteiger partial charge in [-0.15, -0.1) is 0 Å². The van der Waals surface area contributed by atoms with E-state index in [9.17, 15) is 24.6 Å². The van der Waals surface area contributed by atoms with Crippen LogP contribution in [-0.2, 0) is 33.8 Å². The Balaban J connectivity index is 3.04. The number of hydrogen-bond donors (Lipinski definition) is 8. The Labute approximate surface area is 172 Å². The number of nitrogens with zero attached hydrogens (tertiary/aromatic N) is 1. The molecule has 0 aromatic carbocycles. The Hall–Kier alpha value is -2.80. The maximum atomic E-state index is 11.1. The molecular formula is C18H29N4O8+. The van der Waals surface area contributed by atoms with Crippen molar-refractivity contribution >= 4 is 17.9 Å². The Morgan fingerprint density at radius 3 is 1.93 bits per heavy atom. The van der Waals surface area contributed by atoms with Crippen molar-refractivity contribution in [2.75, 3.05) is 0 Å². The summed E-state index contributed by atoms with van der Waals surface area (Å²) in [5.41, 5.74) is 17.2. The number of aliphatic carboxylic acids is 3. The second-order valence-corrected chi connectivity index (χ2v) is 7.15. The molecule has 1 heterocycles. The fourth-order valence-corrected chi connectivity index (χ4v) is 2.84. The Bertz CT molecular complexity index is 773. The van der Waals surface area contributed by atoms with Crippen LogP contribution in [0.5, 0.6) is 5.75 Å². The van der Waals surface area contributed by atoms with E-state index in [0.717, 1.165) is 0 Å². The van der Waals surface area contributed by atoms with Gasteiger partial charge in [0.25, 0.3) is 0 Å². The highest BCUT2D eigenvalue weighted by molar-refractivity contribution is 5.74. The van der Waals surface area contributed by atoms with Crippen LogP contribution in [0.15, 0.2) is 12.4 Å². The molecule has 30 heavy (non-hydrogen) atoms. The number of rotatable bonds is 13. The zero-order chi connectivity index (χ0) is 23.0. The molecule has 0 saturated carbocycles. The molecule has 1 rings (SSSR count). The maximum absolute atomic E-state index is 11.1. The summed E-state index contributed by atoms with van der Waals surface area (Å²) in [7, 11) is 0. The van der Waals surface area contributed by atoms with Gasteiger partial charge in [0, 0.05) is 17.5 Å². The average molecular weight is 429 g/mol. The van der Waals surface area contributed by atoms with Gasteiger partial charge in [0.2, 0.25) is 6.20 Å². The topological polar surface area (TPSA) is 234 Å². The van der Waals surface area contributed by atoms with Gasteiger partial charge in [0.05, 0.1) is 0 Å². The number of aromatic hydroxyl groups is 1. The zero-order valence-corrected chi connectivity index (χ0v) is 16.3. The molecule has 4 atom stereocenters. The molecule has 0 spiro atoms. The summed E-state index contributed by atoms with van der Waals surface area (Å²) in [4.78, 5) is 32.8. The minimum atomic E-state index is -1.28. The summed E-state index contributed by atoms with van der Waals surface area (Å²) in [6.07, 6.45) is 1.99. The molecule has 168 valence electrons. The van der Waals surface area contributed by atoms with E-state index >= 15 is 0 Å². The summed E-state index contributed by atoms with van der Waals surface area (Å²) in [6, 6.07) is -3.53. The normalized spacial score (nSPS) is 15.2. The summed E-state index contributed by atoms with van der Waals surface area (Å²) in [6.45, 7) is 0.00312. The highest BCUT2D eigenvalue weighted by atomic mass is 16.4. The molecule has 0 radical (unpaired) electrons. The van der Waals surface area contributed by atoms with Gasteiger partial charge in [0.15, 0.2) is 18.5 Å². The van der Waals surface area contributed by atoms with Gasteiger partial charge in [-0.1, -0.05) is 0 Å². The van der Waals surface area contributed by atoms with Crippen molar-refractivity contribution < 1.29 is 44.5 Å². The molecule has 0 saturated heterocycles. The van der Waals surface area contributed by atoms with Crippen molar-refractivity contribution in [2.24, 2.45) is 17.2 Å². The van der Waals surface area contributed by atoms with E-state index < -0.39 is 42.1 Å². The summed E-state index contributed by atoms with van der Waals surface area (Å²) < 4.78 is 1.45. The van der Waals surface area contributed by atoms with E-state index in [2.05, 4.69) is 0 Å². The fraction of sp³-hybridized carbons (Fsp3) is 0.556. The minimum absolute atomic E-state index is 0.00312. The molecule has 0 aliphatic rings. The molecule has 11 N–H and O–H groups in total. The highest BCUT2D eigenvalue weighted by Gasteiger charge is 2.24. The summed E-state index contributed by atoms with van der Waals surface area (Å²) in [5, 5.41) is 47.3. The summed E-state index contributed by atoms with van der Waals surface area (Å²) >= 11 is 0. The lowest BCUT2D eigenvalue weighted by molar-refractivity contribution is -0.704. The third-order valence-corrected chi connectivity index (χ3v) is 4.64. The van der Waals surface area contributed by atoms with Crippen LogP contribution >= 0.6 is 0 Å². The standard InChI is InChI=1S/C18H28N4O8/c19-12(16(25)26)3-1-9-6-22(7-10(23)2-4-13(20)17(27)28)8-15(24)11(9)5-14(21)18(29)30/h6,8,10,12-14,23H,1-5,7,19-21H2,(H3-,24,25,26,27,28,29,30)/p+1. The lowest BCUT2D eigenvalue weighted by Gasteiger charge is -2.15. The molecule has 12 nitrogen and oxygen atoms in total. The van der Waals surface area contributed by atoms with E-state index in [1.165, 1.54) is 10.8 Å². The van der Waals surface area contributed by atoms with Crippen LogP contribution in [0.2, 0.25) is 0 Å². The lowest BCUT2D eigenvalue weighted by atomic mass is 9.96. The molecule has 0 aliphatic carbocycles. The number of pyridine rings is 1. The molecule has 1 aromatic heterocycles. The van der Waals surface area contributed by atoms with Crippen molar-refractivity contribution in [3.63, 3.8) is 0 Å². The van der Waals surface area contributed by atoms with Gasteiger partial charge >= 0.3 is 17.9 Å². The molecule has 0 fully saturated rings. The number of aliphatic hydroxyl groups excluding tert-OH is 1. The molecule has 0 bridgehead atoms. The maximum Gasteiger partial charge on any atom is 0.320 e. The van der Waals surface area contributed by atoms with Crippen LogP contribution in [0.3, 0.4) is 0 Å². The van der Waals surface area contributed by atoms with Crippen LogP contribution in [-0.4, -0.2) is 67.7 Å². The Morgan fingerprint density at radius 2 is 1.40 bits per heavy atom. The fourth-order valence-electron chi connectivity index (χ4n) is 2.84. The van der Waals surface area contributed by atoms with E-state index in [0.29, 0.717) is 5.56 Å². The van der Waals surface area contributed by atoms with Gasteiger partial charge in [-0.25, -0.2) is 0 Å². The van der Waals surface area contributed by atoms with Gasteiger partial charge in [-0.3, -0.25) is 14.4 Å². The smallest absolute Gasteiger partial charge is 0.320 e. The van der Waals surface area contributed by atoms with Gasteiger partial charge in [-0.2, -0.15) is 4.57 Å². The predicted molar refractivity (Wildman–Crippen MR) is 102 cm³/mol. The molecule has 0 aliphatic heterocycles. The monoisotopic (exact) mass is 429 g/mol. The number of aliphatic hydroxyl groups is 1. The van der Waals surface area contributed by atoms with Crippen LogP contribution in [0.25, 0.3) is 0 Å². The predicted octanol–water partition coefficient (Wildman–Crippen LogP) is -2.47. The first-order chi connectivity index (χ1) is 13.9. The number of aromatic nitrogens is 1. The van der Waals surface area contributed by atoms with E-state index in [1.54, 1.807) is 6.20 Å². The summed E-state index contributed by atoms with van der Waals surface area (Å²) in [5.74, 6) is -3.90. The molecular weight excluding hydrogens is 400 g/mol. The van der Waals surface area contributed by atoms with Gasteiger partial charge in [0.1, 0.15) is 24.2 Å². The number of carboxylic acid groups (broad SMARTS) is 3. The first kappa shape index (κ1) is 25.2. The zero-order valence-electron chi connectivity index (χ0n) is 16.3. The van der Waals surface area contributed by atoms with Crippen molar-refractivity contribution in [2.45, 2.75) is 62.9 Å². The Kier molecular flexibility index (Phi) is 9.59. The van der Waals surface area contributed by atoms with Crippen molar-refractivity contribution in [1.82, 2.24) is 0 Å². The first-order valence-corrected chi connectivity index (χ1v) is 9.29. The first-order valence-electron chi connectivity index (χ1n) is 9.29. The number of carboxylic acids is 3. The average Bonchev–Trinajstić information content (AvgIpc) is 2.65. The second-order valence-electron chi connectivity index (χ2n) is 7.15. The van der Waals surface area contributed by atoms with E-state index in [1.807, 2.05) is 0 Å². The third-order valence-electron chi connectivity index (χ3n) is 4.64. The highest BCUT2D eigenvalue weighted by Crippen LogP contribution is 2.22. The number of aryl methyl sites for hydroxylation is 1. The third kappa shape index (κ3) is 7.91. The second kappa shape index (κ2) is 11.4. The Morgan fingerprint density at radius 1 is 0.867 bits per heavy atom. The number of nitrogens with two attached hydrogens (primary N) is 3. The number of carbonyl (C=O) groups is 3. The SMILES string of the molecule is NC(CCc1c[n+](CC(O)CCC(N)C(=O)O)cc(O)c1CC(N)C(=O)O)C(=O)O. The van der Waals surface area contributed by atoms with E-state index in [4.69, 9.17) is 32.5 Å². The molecule has 12 heteroatoms. The minimum Gasteiger partial charge on any atom is -0.503 e. The van der Waals surface area contributed by atoms with Crippen molar-refractivity contribution in [1.29, 1.82) is 0 Å². The molecule has 4 unspecified atom stereocenters. The molecule has 1 aromatic rings. The van der Waals surface area contributed by atoms with E-state index in [-0.39, 0.29) is 50.0 Å². The van der Waals surface area contributed by atoms with Gasteiger partial charge < -0.3 is 42.7 Å². The lowest BCUT2D eigenvalue weighted by Crippen LogP contribution is -2.41. The van der Waals surface area contributed by atoms with Crippen LogP contribution < -0.4 is 21.8 Å². The quantitative estimate of drug-likeness (QED) is 0.153. The van der Waals surface area contributed by atoms with Crippen molar-refractivity contribution in [3.05, 3.63) is 23.5 Å².